The summed E-state index contributed by atoms with van der Waals surface area (Å²) in [6.45, 7) is 0. The van der Waals surface area contributed by atoms with Gasteiger partial charge in [0.05, 0.1) is 27.2 Å². The van der Waals surface area contributed by atoms with Crippen molar-refractivity contribution in [2.45, 2.75) is 16.6 Å². The molecule has 1 aromatic rings. The Labute approximate surface area is 117 Å². The predicted molar refractivity (Wildman–Crippen MR) is 74.1 cm³/mol. The summed E-state index contributed by atoms with van der Waals surface area (Å²) in [6, 6.07) is 4.59. The van der Waals surface area contributed by atoms with Gasteiger partial charge in [0.25, 0.3) is 5.69 Å². The molecule has 8 heteroatoms. The number of thioether (sulfide) groups is 1. The van der Waals surface area contributed by atoms with E-state index in [4.69, 9.17) is 0 Å². The van der Waals surface area contributed by atoms with Crippen LogP contribution in [0.4, 0.5) is 11.4 Å². The highest BCUT2D eigenvalue weighted by Gasteiger charge is 2.31. The second-order valence-corrected chi connectivity index (χ2v) is 5.65. The van der Waals surface area contributed by atoms with Crippen LogP contribution in [0.1, 0.15) is 6.42 Å². The molecule has 0 fully saturated rings. The van der Waals surface area contributed by atoms with Crippen LogP contribution in [0.25, 0.3) is 0 Å². The first-order valence-corrected chi connectivity index (χ1v) is 6.70. The van der Waals surface area contributed by atoms with Gasteiger partial charge in [-0.1, -0.05) is 0 Å². The van der Waals surface area contributed by atoms with E-state index < -0.39 is 9.85 Å². The van der Waals surface area contributed by atoms with Crippen molar-refractivity contribution in [3.05, 3.63) is 62.0 Å². The molecular weight excluding hydrogens is 282 g/mol. The lowest BCUT2D eigenvalue weighted by Crippen LogP contribution is -2.23. The Kier molecular flexibility index (Phi) is 2.94. The molecule has 0 saturated carbocycles. The number of benzene rings is 1. The van der Waals surface area contributed by atoms with Crippen molar-refractivity contribution in [1.29, 1.82) is 0 Å². The summed E-state index contributed by atoms with van der Waals surface area (Å²) in [5, 5.41) is 24.7. The van der Waals surface area contributed by atoms with Crippen LogP contribution in [-0.2, 0) is 0 Å². The minimum absolute atomic E-state index is 0.0198. The topological polar surface area (TPSA) is 98.3 Å². The maximum absolute atomic E-state index is 10.8. The summed E-state index contributed by atoms with van der Waals surface area (Å²) < 4.78 is 0. The molecule has 20 heavy (non-hydrogen) atoms. The van der Waals surface area contributed by atoms with E-state index in [9.17, 15) is 20.2 Å². The van der Waals surface area contributed by atoms with E-state index in [1.807, 2.05) is 0 Å². The van der Waals surface area contributed by atoms with Crippen LogP contribution in [0, 0.1) is 20.2 Å². The van der Waals surface area contributed by atoms with Crippen molar-refractivity contribution < 1.29 is 9.85 Å². The Hall–Kier alpha value is -2.35. The highest BCUT2D eigenvalue weighted by Crippen LogP contribution is 2.44. The van der Waals surface area contributed by atoms with Gasteiger partial charge in [-0.2, -0.15) is 0 Å². The molecule has 1 aromatic carbocycles. The zero-order valence-electron chi connectivity index (χ0n) is 10.1. The highest BCUT2D eigenvalue weighted by molar-refractivity contribution is 8.00. The van der Waals surface area contributed by atoms with E-state index in [1.165, 1.54) is 30.0 Å². The van der Waals surface area contributed by atoms with Crippen LogP contribution in [0.5, 0.6) is 0 Å². The first-order chi connectivity index (χ1) is 9.54. The van der Waals surface area contributed by atoms with E-state index in [2.05, 4.69) is 5.32 Å². The largest absolute Gasteiger partial charge is 0.357 e. The van der Waals surface area contributed by atoms with Crippen molar-refractivity contribution in [2.75, 3.05) is 5.32 Å². The van der Waals surface area contributed by atoms with Gasteiger partial charge in [-0.15, -0.1) is 11.8 Å². The molecule has 3 rings (SSSR count). The van der Waals surface area contributed by atoms with Gasteiger partial charge >= 0.3 is 0 Å². The summed E-state index contributed by atoms with van der Waals surface area (Å²) in [4.78, 5) is 21.5. The Morgan fingerprint density at radius 1 is 1.20 bits per heavy atom. The van der Waals surface area contributed by atoms with E-state index in [-0.39, 0.29) is 16.6 Å². The molecule has 0 spiro atoms. The van der Waals surface area contributed by atoms with E-state index in [0.717, 1.165) is 16.3 Å². The van der Waals surface area contributed by atoms with E-state index in [0.29, 0.717) is 6.42 Å². The van der Waals surface area contributed by atoms with Crippen LogP contribution in [0.15, 0.2) is 46.6 Å². The van der Waals surface area contributed by atoms with Gasteiger partial charge in [0.15, 0.2) is 0 Å². The van der Waals surface area contributed by atoms with Crippen molar-refractivity contribution in [2.24, 2.45) is 0 Å². The molecule has 1 aliphatic carbocycles. The molecule has 2 aliphatic rings. The van der Waals surface area contributed by atoms with Gasteiger partial charge in [0.1, 0.15) is 0 Å². The quantitative estimate of drug-likeness (QED) is 0.664. The first kappa shape index (κ1) is 12.7. The fraction of sp³-hybridized carbons (Fsp3) is 0.167. The smallest absolute Gasteiger partial charge is 0.270 e. The zero-order valence-corrected chi connectivity index (χ0v) is 10.9. The number of hydrogen-bond donors (Lipinski definition) is 1. The van der Waals surface area contributed by atoms with Crippen molar-refractivity contribution in [3.8, 4) is 0 Å². The SMILES string of the molecule is O=[N+]([O-])C1=CC=C2Nc3ccc([N+](=O)[O-])cc3SC2C1. The molecule has 0 aromatic heterocycles. The minimum atomic E-state index is -0.449. The first-order valence-electron chi connectivity index (χ1n) is 5.82. The minimum Gasteiger partial charge on any atom is -0.357 e. The van der Waals surface area contributed by atoms with Gasteiger partial charge in [0, 0.05) is 28.8 Å². The molecule has 0 amide bonds. The number of nitrogens with zero attached hydrogens (tertiary/aromatic N) is 2. The summed E-state index contributed by atoms with van der Waals surface area (Å²) in [6.07, 6.45) is 3.50. The Morgan fingerprint density at radius 2 is 2.00 bits per heavy atom. The van der Waals surface area contributed by atoms with Crippen LogP contribution in [-0.4, -0.2) is 15.1 Å². The normalized spacial score (nSPS) is 19.9. The number of anilines is 1. The van der Waals surface area contributed by atoms with Gasteiger partial charge in [-0.3, -0.25) is 20.2 Å². The highest BCUT2D eigenvalue weighted by atomic mass is 32.2. The lowest BCUT2D eigenvalue weighted by Gasteiger charge is -2.29. The molecule has 1 unspecified atom stereocenters. The fourth-order valence-corrected chi connectivity index (χ4v) is 3.42. The molecule has 1 atom stereocenters. The number of nitro groups is 2. The Balaban J connectivity index is 1.93. The number of rotatable bonds is 2. The number of hydrogen-bond acceptors (Lipinski definition) is 6. The van der Waals surface area contributed by atoms with Crippen molar-refractivity contribution in [1.82, 2.24) is 0 Å². The molecule has 0 radical (unpaired) electrons. The number of allylic oxidation sites excluding steroid dienone is 3. The maximum Gasteiger partial charge on any atom is 0.270 e. The fourth-order valence-electron chi connectivity index (χ4n) is 2.16. The third-order valence-electron chi connectivity index (χ3n) is 3.16. The second-order valence-electron chi connectivity index (χ2n) is 4.41. The number of fused-ring (bicyclic) bond motifs is 2. The van der Waals surface area contributed by atoms with Gasteiger partial charge in [-0.25, -0.2) is 0 Å². The third kappa shape index (κ3) is 2.14. The number of nitro benzene ring substituents is 1. The second kappa shape index (κ2) is 4.64. The number of nitrogens with one attached hydrogen (secondary N) is 1. The van der Waals surface area contributed by atoms with Crippen molar-refractivity contribution >= 4 is 23.1 Å². The summed E-state index contributed by atoms with van der Waals surface area (Å²) in [7, 11) is 0. The Bertz CT molecular complexity index is 683. The molecule has 1 N–H and O–H groups in total. The van der Waals surface area contributed by atoms with Gasteiger partial charge in [0.2, 0.25) is 5.70 Å². The third-order valence-corrected chi connectivity index (χ3v) is 4.45. The van der Waals surface area contributed by atoms with Gasteiger partial charge in [-0.05, 0) is 12.1 Å². The van der Waals surface area contributed by atoms with Crippen LogP contribution < -0.4 is 5.32 Å². The summed E-state index contributed by atoms with van der Waals surface area (Å²) in [5.74, 6) is 0. The van der Waals surface area contributed by atoms with Crippen LogP contribution >= 0.6 is 11.8 Å². The average Bonchev–Trinajstić information content (AvgIpc) is 2.43. The van der Waals surface area contributed by atoms with Gasteiger partial charge < -0.3 is 5.32 Å². The molecular formula is C12H9N3O4S. The monoisotopic (exact) mass is 291 g/mol. The zero-order chi connectivity index (χ0) is 14.3. The number of non-ortho nitro benzene ring substituents is 1. The van der Waals surface area contributed by atoms with Crippen molar-refractivity contribution in [3.63, 3.8) is 0 Å². The van der Waals surface area contributed by atoms with Crippen LogP contribution in [0.3, 0.4) is 0 Å². The van der Waals surface area contributed by atoms with E-state index in [1.54, 1.807) is 12.1 Å². The average molecular weight is 291 g/mol. The summed E-state index contributed by atoms with van der Waals surface area (Å²) in [5.41, 5.74) is 1.86. The standard InChI is InChI=1S/C12H9N3O4S/c16-14(17)7-1-3-9-11(5-7)20-12-6-8(15(18)19)2-4-10(12)13-9/h1-5,12-13H,6H2. The Morgan fingerprint density at radius 3 is 2.70 bits per heavy atom. The van der Waals surface area contributed by atoms with Crippen LogP contribution in [0.2, 0.25) is 0 Å². The molecule has 1 aliphatic heterocycles. The lowest BCUT2D eigenvalue weighted by atomic mass is 10.1. The molecule has 0 bridgehead atoms. The molecule has 7 nitrogen and oxygen atoms in total. The molecule has 0 saturated heterocycles. The summed E-state index contributed by atoms with van der Waals surface area (Å²) >= 11 is 1.41. The predicted octanol–water partition coefficient (Wildman–Crippen LogP) is 2.93. The maximum atomic E-state index is 10.8. The van der Waals surface area contributed by atoms with E-state index >= 15 is 0 Å². The molecule has 102 valence electrons. The molecule has 1 heterocycles. The lowest BCUT2D eigenvalue weighted by molar-refractivity contribution is -0.427.